The molecule has 1 N–H and O–H groups in total. The first kappa shape index (κ1) is 20.4. The van der Waals surface area contributed by atoms with Gasteiger partial charge in [-0.25, -0.2) is 13.6 Å². The molecule has 0 aliphatic rings. The lowest BCUT2D eigenvalue weighted by Gasteiger charge is -2.10. The van der Waals surface area contributed by atoms with Crippen LogP contribution in [0.15, 0.2) is 30.6 Å². The number of anilines is 2. The highest BCUT2D eigenvalue weighted by Gasteiger charge is 2.25. The number of benzene rings is 1. The van der Waals surface area contributed by atoms with E-state index in [0.29, 0.717) is 5.39 Å². The first-order valence-electron chi connectivity index (χ1n) is 8.76. The van der Waals surface area contributed by atoms with Crippen molar-refractivity contribution in [2.24, 2.45) is 7.05 Å². The van der Waals surface area contributed by atoms with Gasteiger partial charge < -0.3 is 14.6 Å². The standard InChI is InChI=1S/C18H17F2N3O2.C2H6/c1-4-25-18(24)17-15(22-14-6-5-10(2)7-12(14)19)11-8-21-9-13(20)16(11)23(17)3;1-2/h5-9,22H,4H2,1-3H3;1-2H3. The molecule has 0 saturated carbocycles. The number of hydrogen-bond donors (Lipinski definition) is 1. The van der Waals surface area contributed by atoms with Crippen molar-refractivity contribution < 1.29 is 18.3 Å². The van der Waals surface area contributed by atoms with E-state index in [1.165, 1.54) is 16.8 Å². The molecule has 2 heterocycles. The summed E-state index contributed by atoms with van der Waals surface area (Å²) in [5.74, 6) is -1.69. The third-order valence-corrected chi connectivity index (χ3v) is 3.90. The van der Waals surface area contributed by atoms with Crippen LogP contribution in [0, 0.1) is 18.6 Å². The molecule has 2 aromatic heterocycles. The van der Waals surface area contributed by atoms with Gasteiger partial charge in [0.1, 0.15) is 5.82 Å². The summed E-state index contributed by atoms with van der Waals surface area (Å²) in [4.78, 5) is 16.2. The number of fused-ring (bicyclic) bond motifs is 1. The van der Waals surface area contributed by atoms with Gasteiger partial charge in [-0.3, -0.25) is 4.98 Å². The summed E-state index contributed by atoms with van der Waals surface area (Å²) in [5.41, 5.74) is 1.48. The first-order chi connectivity index (χ1) is 12.9. The van der Waals surface area contributed by atoms with Crippen molar-refractivity contribution in [2.45, 2.75) is 27.7 Å². The summed E-state index contributed by atoms with van der Waals surface area (Å²) in [6.45, 7) is 7.61. The second-order valence-corrected chi connectivity index (χ2v) is 5.63. The maximum Gasteiger partial charge on any atom is 0.357 e. The van der Waals surface area contributed by atoms with Gasteiger partial charge >= 0.3 is 5.97 Å². The maximum atomic E-state index is 14.2. The molecule has 0 atom stereocenters. The number of carbonyl (C=O) groups is 1. The van der Waals surface area contributed by atoms with E-state index in [4.69, 9.17) is 4.74 Å². The molecule has 0 fully saturated rings. The molecule has 0 unspecified atom stereocenters. The number of nitrogens with one attached hydrogen (secondary N) is 1. The van der Waals surface area contributed by atoms with Crippen LogP contribution in [0.4, 0.5) is 20.2 Å². The number of pyridine rings is 1. The second kappa shape index (κ2) is 8.62. The number of rotatable bonds is 4. The Hall–Kier alpha value is -2.96. The number of halogens is 2. The predicted octanol–water partition coefficient (Wildman–Crippen LogP) is 5.11. The Labute approximate surface area is 157 Å². The normalized spacial score (nSPS) is 10.3. The molecule has 3 rings (SSSR count). The minimum Gasteiger partial charge on any atom is -0.461 e. The molecule has 0 bridgehead atoms. The van der Waals surface area contributed by atoms with Gasteiger partial charge in [0.15, 0.2) is 11.5 Å². The summed E-state index contributed by atoms with van der Waals surface area (Å²) in [6.07, 6.45) is 2.49. The predicted molar refractivity (Wildman–Crippen MR) is 102 cm³/mol. The lowest BCUT2D eigenvalue weighted by Crippen LogP contribution is -2.12. The zero-order valence-corrected chi connectivity index (χ0v) is 16.1. The van der Waals surface area contributed by atoms with Gasteiger partial charge in [0.25, 0.3) is 0 Å². The van der Waals surface area contributed by atoms with Crippen LogP contribution in [0.5, 0.6) is 0 Å². The average Bonchev–Trinajstić information content (AvgIpc) is 2.92. The van der Waals surface area contributed by atoms with Gasteiger partial charge in [-0.05, 0) is 31.5 Å². The topological polar surface area (TPSA) is 56.1 Å². The summed E-state index contributed by atoms with van der Waals surface area (Å²) in [7, 11) is 1.55. The number of aromatic nitrogens is 2. The van der Waals surface area contributed by atoms with E-state index in [1.54, 1.807) is 33.0 Å². The van der Waals surface area contributed by atoms with Crippen LogP contribution in [0.3, 0.4) is 0 Å². The monoisotopic (exact) mass is 375 g/mol. The smallest absolute Gasteiger partial charge is 0.357 e. The zero-order valence-electron chi connectivity index (χ0n) is 16.1. The van der Waals surface area contributed by atoms with Crippen molar-refractivity contribution in [3.63, 3.8) is 0 Å². The van der Waals surface area contributed by atoms with Gasteiger partial charge in [-0.2, -0.15) is 0 Å². The van der Waals surface area contributed by atoms with Crippen molar-refractivity contribution in [2.75, 3.05) is 11.9 Å². The Morgan fingerprint density at radius 2 is 1.93 bits per heavy atom. The first-order valence-corrected chi connectivity index (χ1v) is 8.76. The van der Waals surface area contributed by atoms with Crippen LogP contribution in [-0.2, 0) is 11.8 Å². The highest BCUT2D eigenvalue weighted by molar-refractivity contribution is 6.07. The molecule has 0 aliphatic carbocycles. The molecule has 0 aliphatic heterocycles. The van der Waals surface area contributed by atoms with E-state index in [1.807, 2.05) is 13.8 Å². The van der Waals surface area contributed by atoms with Crippen LogP contribution >= 0.6 is 0 Å². The van der Waals surface area contributed by atoms with Crippen molar-refractivity contribution >= 4 is 28.2 Å². The van der Waals surface area contributed by atoms with Crippen LogP contribution in [-0.4, -0.2) is 22.1 Å². The van der Waals surface area contributed by atoms with Gasteiger partial charge in [-0.1, -0.05) is 19.9 Å². The molecule has 0 spiro atoms. The quantitative estimate of drug-likeness (QED) is 0.644. The summed E-state index contributed by atoms with van der Waals surface area (Å²) >= 11 is 0. The Kier molecular flexibility index (Phi) is 6.50. The van der Waals surface area contributed by atoms with E-state index in [0.717, 1.165) is 11.8 Å². The molecule has 0 amide bonds. The molecule has 5 nitrogen and oxygen atoms in total. The Morgan fingerprint density at radius 1 is 1.22 bits per heavy atom. The van der Waals surface area contributed by atoms with Gasteiger partial charge in [-0.15, -0.1) is 0 Å². The third kappa shape index (κ3) is 3.92. The van der Waals surface area contributed by atoms with E-state index < -0.39 is 17.6 Å². The van der Waals surface area contributed by atoms with Crippen molar-refractivity contribution in [1.29, 1.82) is 0 Å². The second-order valence-electron chi connectivity index (χ2n) is 5.63. The molecule has 3 aromatic rings. The average molecular weight is 375 g/mol. The molecule has 27 heavy (non-hydrogen) atoms. The number of esters is 1. The van der Waals surface area contributed by atoms with Gasteiger partial charge in [0.2, 0.25) is 0 Å². The molecule has 7 heteroatoms. The van der Waals surface area contributed by atoms with Crippen LogP contribution < -0.4 is 5.32 Å². The largest absolute Gasteiger partial charge is 0.461 e. The number of carbonyl (C=O) groups excluding carboxylic acids is 1. The summed E-state index contributed by atoms with van der Waals surface area (Å²) in [5, 5.41) is 3.26. The van der Waals surface area contributed by atoms with Crippen molar-refractivity contribution in [3.05, 3.63) is 53.5 Å². The SMILES string of the molecule is CC.CCOC(=O)c1c(Nc2ccc(C)cc2F)c2cncc(F)c2n1C. The Morgan fingerprint density at radius 3 is 2.56 bits per heavy atom. The Bertz CT molecular complexity index is 968. The zero-order chi connectivity index (χ0) is 20.1. The summed E-state index contributed by atoms with van der Waals surface area (Å²) < 4.78 is 34.9. The Balaban J connectivity index is 0.00000126. The van der Waals surface area contributed by atoms with E-state index in [-0.39, 0.29) is 29.2 Å². The van der Waals surface area contributed by atoms with Gasteiger partial charge in [0, 0.05) is 18.6 Å². The fourth-order valence-electron chi connectivity index (χ4n) is 2.78. The van der Waals surface area contributed by atoms with Crippen molar-refractivity contribution in [3.8, 4) is 0 Å². The van der Waals surface area contributed by atoms with Crippen LogP contribution in [0.25, 0.3) is 10.9 Å². The lowest BCUT2D eigenvalue weighted by molar-refractivity contribution is 0.0517. The van der Waals surface area contributed by atoms with Crippen molar-refractivity contribution in [1.82, 2.24) is 9.55 Å². The maximum absolute atomic E-state index is 14.2. The number of ether oxygens (including phenoxy) is 1. The molecule has 144 valence electrons. The lowest BCUT2D eigenvalue weighted by atomic mass is 10.2. The molecule has 1 aromatic carbocycles. The molecule has 0 saturated heterocycles. The highest BCUT2D eigenvalue weighted by atomic mass is 19.1. The fraction of sp³-hybridized carbons (Fsp3) is 0.300. The minimum absolute atomic E-state index is 0.101. The summed E-state index contributed by atoms with van der Waals surface area (Å²) in [6, 6.07) is 4.67. The van der Waals surface area contributed by atoms with Gasteiger partial charge in [0.05, 0.1) is 29.7 Å². The number of hydrogen-bond acceptors (Lipinski definition) is 4. The third-order valence-electron chi connectivity index (χ3n) is 3.90. The molecular formula is C20H23F2N3O2. The number of nitrogens with zero attached hydrogens (tertiary/aromatic N) is 2. The number of aryl methyl sites for hydroxylation is 2. The van der Waals surface area contributed by atoms with E-state index in [9.17, 15) is 13.6 Å². The fourth-order valence-corrected chi connectivity index (χ4v) is 2.78. The molecular weight excluding hydrogens is 352 g/mol. The molecule has 0 radical (unpaired) electrons. The van der Waals surface area contributed by atoms with E-state index in [2.05, 4.69) is 10.3 Å². The van der Waals surface area contributed by atoms with E-state index >= 15 is 0 Å². The minimum atomic E-state index is -0.629. The highest BCUT2D eigenvalue weighted by Crippen LogP contribution is 2.34. The van der Waals surface area contributed by atoms with Crippen LogP contribution in [0.1, 0.15) is 36.8 Å². The van der Waals surface area contributed by atoms with Crippen LogP contribution in [0.2, 0.25) is 0 Å².